The molecule has 0 aliphatic carbocycles. The molecule has 0 spiro atoms. The number of benzene rings is 1. The van der Waals surface area contributed by atoms with Gasteiger partial charge in [0.1, 0.15) is 29.7 Å². The molecule has 0 fully saturated rings. The van der Waals surface area contributed by atoms with Crippen LogP contribution in [0.25, 0.3) is 11.0 Å². The summed E-state index contributed by atoms with van der Waals surface area (Å²) in [6, 6.07) is 10.6. The van der Waals surface area contributed by atoms with Crippen molar-refractivity contribution in [2.45, 2.75) is 19.8 Å². The number of aromatic amines is 1. The minimum Gasteiger partial charge on any atom is -0.345 e. The summed E-state index contributed by atoms with van der Waals surface area (Å²) in [6.45, 7) is 4.08. The van der Waals surface area contributed by atoms with E-state index in [1.165, 1.54) is 0 Å². The molecular formula is C15H12N6. The minimum absolute atomic E-state index is 0.0667. The number of nitrogens with zero attached hydrogens (tertiary/aromatic N) is 4. The fourth-order valence-corrected chi connectivity index (χ4v) is 1.81. The first kappa shape index (κ1) is 14.1. The van der Waals surface area contributed by atoms with Crippen LogP contribution in [-0.4, -0.2) is 9.97 Å². The maximum atomic E-state index is 9.02. The van der Waals surface area contributed by atoms with Gasteiger partial charge < -0.3 is 10.3 Å². The van der Waals surface area contributed by atoms with Gasteiger partial charge in [0.25, 0.3) is 0 Å². The second-order valence-corrected chi connectivity index (χ2v) is 4.72. The summed E-state index contributed by atoms with van der Waals surface area (Å²) in [7, 11) is 0. The van der Waals surface area contributed by atoms with Gasteiger partial charge in [0.15, 0.2) is 5.57 Å². The monoisotopic (exact) mass is 276 g/mol. The van der Waals surface area contributed by atoms with Crippen LogP contribution in [0.15, 0.2) is 29.5 Å². The van der Waals surface area contributed by atoms with Crippen LogP contribution in [0.4, 0.5) is 5.69 Å². The van der Waals surface area contributed by atoms with Crippen LogP contribution in [0.3, 0.4) is 0 Å². The molecule has 2 rings (SSSR count). The van der Waals surface area contributed by atoms with E-state index in [0.717, 1.165) is 16.9 Å². The molecule has 0 saturated heterocycles. The average Bonchev–Trinajstić information content (AvgIpc) is 2.90. The Hall–Kier alpha value is -3.30. The van der Waals surface area contributed by atoms with Crippen LogP contribution in [-0.2, 0) is 0 Å². The molecule has 21 heavy (non-hydrogen) atoms. The molecule has 1 aromatic carbocycles. The van der Waals surface area contributed by atoms with E-state index >= 15 is 0 Å². The third-order valence-corrected chi connectivity index (χ3v) is 2.90. The molecule has 0 atom stereocenters. The molecule has 0 saturated carbocycles. The molecule has 6 nitrogen and oxygen atoms in total. The van der Waals surface area contributed by atoms with E-state index in [9.17, 15) is 0 Å². The van der Waals surface area contributed by atoms with E-state index in [2.05, 4.69) is 15.3 Å². The van der Waals surface area contributed by atoms with Crippen molar-refractivity contribution in [2.24, 2.45) is 0 Å². The fraction of sp³-hybridized carbons (Fsp3) is 0.200. The standard InChI is InChI=1S/C15H12N6/c1-9(2)15-20-12-4-3-11(5-13(12)21-15)19-14(8-18)10(6-16)7-17/h3-5,9,19H,1-2H3,(H,20,21). The van der Waals surface area contributed by atoms with Gasteiger partial charge in [-0.25, -0.2) is 4.98 Å². The molecule has 1 aromatic heterocycles. The van der Waals surface area contributed by atoms with Gasteiger partial charge >= 0.3 is 0 Å². The quantitative estimate of drug-likeness (QED) is 0.837. The number of hydrogen-bond acceptors (Lipinski definition) is 5. The van der Waals surface area contributed by atoms with E-state index < -0.39 is 0 Å². The summed E-state index contributed by atoms with van der Waals surface area (Å²) in [4.78, 5) is 7.66. The summed E-state index contributed by atoms with van der Waals surface area (Å²) in [6.07, 6.45) is 0. The molecule has 2 aromatic rings. The van der Waals surface area contributed by atoms with Gasteiger partial charge in [-0.15, -0.1) is 0 Å². The molecule has 0 aliphatic rings. The van der Waals surface area contributed by atoms with Crippen molar-refractivity contribution in [3.05, 3.63) is 35.3 Å². The van der Waals surface area contributed by atoms with Gasteiger partial charge in [-0.2, -0.15) is 15.8 Å². The first-order chi connectivity index (χ1) is 10.1. The van der Waals surface area contributed by atoms with E-state index in [1.54, 1.807) is 24.3 Å². The van der Waals surface area contributed by atoms with E-state index in [0.29, 0.717) is 5.69 Å². The third-order valence-electron chi connectivity index (χ3n) is 2.90. The zero-order valence-electron chi connectivity index (χ0n) is 11.6. The number of rotatable bonds is 3. The van der Waals surface area contributed by atoms with Gasteiger partial charge in [-0.05, 0) is 18.2 Å². The molecule has 6 heteroatoms. The molecule has 0 unspecified atom stereocenters. The number of H-pyrrole nitrogens is 1. The summed E-state index contributed by atoms with van der Waals surface area (Å²) in [5.41, 5.74) is 1.96. The van der Waals surface area contributed by atoms with Gasteiger partial charge in [-0.1, -0.05) is 13.8 Å². The number of aromatic nitrogens is 2. The molecule has 0 bridgehead atoms. The average molecular weight is 276 g/mol. The van der Waals surface area contributed by atoms with Gasteiger partial charge in [0.05, 0.1) is 11.0 Å². The van der Waals surface area contributed by atoms with Crippen LogP contribution >= 0.6 is 0 Å². The Labute approximate surface area is 121 Å². The number of nitrogens with one attached hydrogen (secondary N) is 2. The molecule has 102 valence electrons. The molecule has 1 heterocycles. The van der Waals surface area contributed by atoms with E-state index in [4.69, 9.17) is 15.8 Å². The van der Waals surface area contributed by atoms with Crippen LogP contribution < -0.4 is 5.32 Å². The first-order valence-corrected chi connectivity index (χ1v) is 6.30. The zero-order chi connectivity index (χ0) is 15.4. The number of anilines is 1. The van der Waals surface area contributed by atoms with E-state index in [-0.39, 0.29) is 17.2 Å². The predicted molar refractivity (Wildman–Crippen MR) is 77.7 cm³/mol. The smallest absolute Gasteiger partial charge is 0.163 e. The first-order valence-electron chi connectivity index (χ1n) is 6.30. The number of allylic oxidation sites excluding steroid dienone is 2. The number of fused-ring (bicyclic) bond motifs is 1. The SMILES string of the molecule is CC(C)c1nc2ccc(NC(C#N)=C(C#N)C#N)cc2[nH]1. The number of hydrogen-bond donors (Lipinski definition) is 2. The fourth-order valence-electron chi connectivity index (χ4n) is 1.81. The Bertz CT molecular complexity index is 820. The minimum atomic E-state index is -0.245. The largest absolute Gasteiger partial charge is 0.345 e. The number of imidazole rings is 1. The Kier molecular flexibility index (Phi) is 3.88. The maximum absolute atomic E-state index is 9.02. The lowest BCUT2D eigenvalue weighted by atomic mass is 10.2. The van der Waals surface area contributed by atoms with Crippen molar-refractivity contribution in [3.8, 4) is 18.2 Å². The van der Waals surface area contributed by atoms with Gasteiger partial charge in [0, 0.05) is 11.6 Å². The Balaban J connectivity index is 2.41. The van der Waals surface area contributed by atoms with Crippen molar-refractivity contribution in [1.82, 2.24) is 9.97 Å². The van der Waals surface area contributed by atoms with Crippen molar-refractivity contribution in [1.29, 1.82) is 15.8 Å². The Morgan fingerprint density at radius 2 is 1.90 bits per heavy atom. The van der Waals surface area contributed by atoms with Crippen molar-refractivity contribution in [3.63, 3.8) is 0 Å². The molecule has 0 aliphatic heterocycles. The summed E-state index contributed by atoms with van der Waals surface area (Å²) >= 11 is 0. The second kappa shape index (κ2) is 5.77. The lowest BCUT2D eigenvalue weighted by Gasteiger charge is -2.04. The highest BCUT2D eigenvalue weighted by Gasteiger charge is 2.09. The van der Waals surface area contributed by atoms with E-state index in [1.807, 2.05) is 26.0 Å². The zero-order valence-corrected chi connectivity index (χ0v) is 11.6. The van der Waals surface area contributed by atoms with Crippen LogP contribution in [0.1, 0.15) is 25.6 Å². The van der Waals surface area contributed by atoms with Crippen LogP contribution in [0.5, 0.6) is 0 Å². The summed E-state index contributed by atoms with van der Waals surface area (Å²) in [5, 5.41) is 29.4. The Morgan fingerprint density at radius 1 is 1.19 bits per heavy atom. The van der Waals surface area contributed by atoms with Crippen LogP contribution in [0, 0.1) is 34.0 Å². The Morgan fingerprint density at radius 3 is 2.48 bits per heavy atom. The summed E-state index contributed by atoms with van der Waals surface area (Å²) < 4.78 is 0. The van der Waals surface area contributed by atoms with Crippen LogP contribution in [0.2, 0.25) is 0 Å². The predicted octanol–water partition coefficient (Wildman–Crippen LogP) is 2.92. The normalized spacial score (nSPS) is 9.71. The highest BCUT2D eigenvalue weighted by molar-refractivity contribution is 5.80. The summed E-state index contributed by atoms with van der Waals surface area (Å²) in [5.74, 6) is 1.17. The van der Waals surface area contributed by atoms with Crippen molar-refractivity contribution < 1.29 is 0 Å². The highest BCUT2D eigenvalue weighted by Crippen LogP contribution is 2.21. The molecule has 0 radical (unpaired) electrons. The van der Waals surface area contributed by atoms with Crippen molar-refractivity contribution >= 4 is 16.7 Å². The maximum Gasteiger partial charge on any atom is 0.163 e. The van der Waals surface area contributed by atoms with Gasteiger partial charge in [-0.3, -0.25) is 0 Å². The third kappa shape index (κ3) is 2.83. The van der Waals surface area contributed by atoms with Gasteiger partial charge in [0.2, 0.25) is 0 Å². The lowest BCUT2D eigenvalue weighted by Crippen LogP contribution is -2.00. The number of nitriles is 3. The topological polar surface area (TPSA) is 112 Å². The highest BCUT2D eigenvalue weighted by atomic mass is 14.9. The lowest BCUT2D eigenvalue weighted by molar-refractivity contribution is 0.799. The molecular weight excluding hydrogens is 264 g/mol. The molecule has 0 amide bonds. The van der Waals surface area contributed by atoms with Crippen molar-refractivity contribution in [2.75, 3.05) is 5.32 Å². The second-order valence-electron chi connectivity index (χ2n) is 4.72. The molecule has 2 N–H and O–H groups in total.